The Morgan fingerprint density at radius 1 is 1.10 bits per heavy atom. The number of likely N-dealkylation sites (N-methyl/N-ethyl adjacent to an activating group) is 1. The van der Waals surface area contributed by atoms with Crippen molar-refractivity contribution in [1.29, 1.82) is 0 Å². The van der Waals surface area contributed by atoms with Crippen LogP contribution in [0.2, 0.25) is 0 Å². The van der Waals surface area contributed by atoms with Crippen LogP contribution in [-0.2, 0) is 11.3 Å². The maximum atomic E-state index is 11.7. The number of hydrogen-bond acceptors (Lipinski definition) is 1. The van der Waals surface area contributed by atoms with E-state index in [2.05, 4.69) is 50.6 Å². The Bertz CT molecular complexity index is 401. The number of hydrogen-bond donors (Lipinski definition) is 1. The van der Waals surface area contributed by atoms with E-state index in [1.54, 1.807) is 0 Å². The van der Waals surface area contributed by atoms with Gasteiger partial charge in [0.2, 0.25) is 5.91 Å². The zero-order chi connectivity index (χ0) is 15.6. The maximum Gasteiger partial charge on any atom is 0.220 e. The Morgan fingerprint density at radius 3 is 2.48 bits per heavy atom. The third-order valence-corrected chi connectivity index (χ3v) is 3.75. The fraction of sp³-hybridized carbons (Fsp3) is 0.611. The molecule has 3 nitrogen and oxygen atoms in total. The summed E-state index contributed by atoms with van der Waals surface area (Å²) in [5.74, 6) is 0.200. The van der Waals surface area contributed by atoms with Crippen molar-refractivity contribution in [3.63, 3.8) is 0 Å². The lowest BCUT2D eigenvalue weighted by Gasteiger charge is -2.30. The Hall–Kier alpha value is -1.35. The van der Waals surface area contributed by atoms with Gasteiger partial charge in [-0.15, -0.1) is 0 Å². The normalized spacial score (nSPS) is 11.4. The van der Waals surface area contributed by atoms with Gasteiger partial charge in [0, 0.05) is 12.0 Å². The number of benzene rings is 1. The quantitative estimate of drug-likeness (QED) is 0.520. The predicted molar refractivity (Wildman–Crippen MR) is 88.9 cm³/mol. The minimum atomic E-state index is 0.200. The van der Waals surface area contributed by atoms with Crippen molar-refractivity contribution in [2.45, 2.75) is 45.6 Å². The van der Waals surface area contributed by atoms with Gasteiger partial charge >= 0.3 is 0 Å². The Balaban J connectivity index is 2.19. The molecule has 0 fully saturated rings. The molecule has 1 aromatic rings. The van der Waals surface area contributed by atoms with Crippen LogP contribution in [0.4, 0.5) is 0 Å². The number of nitrogens with one attached hydrogen (secondary N) is 1. The SMILES string of the molecule is CCCCCCC(=O)NCC[N+](C)(C)Cc1ccccc1. The van der Waals surface area contributed by atoms with Gasteiger partial charge in [-0.3, -0.25) is 4.79 Å². The van der Waals surface area contributed by atoms with Gasteiger partial charge in [0.15, 0.2) is 0 Å². The van der Waals surface area contributed by atoms with Crippen molar-refractivity contribution in [3.05, 3.63) is 35.9 Å². The predicted octanol–water partition coefficient (Wildman–Crippen LogP) is 3.35. The number of unbranched alkanes of at least 4 members (excludes halogenated alkanes) is 3. The average molecular weight is 291 g/mol. The van der Waals surface area contributed by atoms with Crippen LogP contribution in [0.25, 0.3) is 0 Å². The van der Waals surface area contributed by atoms with Crippen molar-refractivity contribution < 1.29 is 9.28 Å². The molecule has 1 aromatic carbocycles. The molecule has 1 amide bonds. The zero-order valence-corrected chi connectivity index (χ0v) is 13.9. The molecule has 0 aromatic heterocycles. The summed E-state index contributed by atoms with van der Waals surface area (Å²) in [5, 5.41) is 3.05. The van der Waals surface area contributed by atoms with Crippen LogP contribution in [0.5, 0.6) is 0 Å². The molecule has 0 saturated heterocycles. The van der Waals surface area contributed by atoms with Crippen molar-refractivity contribution in [1.82, 2.24) is 5.32 Å². The molecule has 0 bridgehead atoms. The highest BCUT2D eigenvalue weighted by Crippen LogP contribution is 2.08. The van der Waals surface area contributed by atoms with Crippen molar-refractivity contribution in [2.24, 2.45) is 0 Å². The molecule has 1 rings (SSSR count). The molecule has 0 aliphatic heterocycles. The van der Waals surface area contributed by atoms with Gasteiger partial charge in [-0.2, -0.15) is 0 Å². The first-order valence-electron chi connectivity index (χ1n) is 8.16. The number of nitrogens with zero attached hydrogens (tertiary/aromatic N) is 1. The number of carbonyl (C=O) groups is 1. The lowest BCUT2D eigenvalue weighted by molar-refractivity contribution is -0.902. The van der Waals surface area contributed by atoms with Crippen molar-refractivity contribution >= 4 is 5.91 Å². The summed E-state index contributed by atoms with van der Waals surface area (Å²) in [7, 11) is 4.42. The van der Waals surface area contributed by atoms with Crippen LogP contribution in [0.1, 0.15) is 44.6 Å². The van der Waals surface area contributed by atoms with Gasteiger partial charge in [0.05, 0.1) is 27.2 Å². The van der Waals surface area contributed by atoms with Gasteiger partial charge in [0.25, 0.3) is 0 Å². The summed E-state index contributed by atoms with van der Waals surface area (Å²) < 4.78 is 0.889. The maximum absolute atomic E-state index is 11.7. The molecule has 0 radical (unpaired) electrons. The van der Waals surface area contributed by atoms with E-state index in [1.807, 2.05) is 6.07 Å². The van der Waals surface area contributed by atoms with Gasteiger partial charge < -0.3 is 9.80 Å². The molecule has 3 heteroatoms. The standard InChI is InChI=1S/C18H30N2O/c1-4-5-6-10-13-18(21)19-14-15-20(2,3)16-17-11-8-7-9-12-17/h7-9,11-12H,4-6,10,13-16H2,1-3H3/p+1. The van der Waals surface area contributed by atoms with E-state index in [9.17, 15) is 4.79 Å². The van der Waals surface area contributed by atoms with E-state index >= 15 is 0 Å². The molecule has 21 heavy (non-hydrogen) atoms. The minimum absolute atomic E-state index is 0.200. The third kappa shape index (κ3) is 8.51. The molecular weight excluding hydrogens is 260 g/mol. The van der Waals surface area contributed by atoms with Crippen LogP contribution >= 0.6 is 0 Å². The average Bonchev–Trinajstić information content (AvgIpc) is 2.44. The second kappa shape index (κ2) is 9.56. The summed E-state index contributed by atoms with van der Waals surface area (Å²) in [4.78, 5) is 11.7. The fourth-order valence-electron chi connectivity index (χ4n) is 2.46. The molecule has 0 spiro atoms. The van der Waals surface area contributed by atoms with Crippen LogP contribution < -0.4 is 5.32 Å². The lowest BCUT2D eigenvalue weighted by atomic mass is 10.1. The van der Waals surface area contributed by atoms with E-state index < -0.39 is 0 Å². The summed E-state index contributed by atoms with van der Waals surface area (Å²) in [5.41, 5.74) is 1.34. The van der Waals surface area contributed by atoms with Gasteiger partial charge in [-0.25, -0.2) is 0 Å². The summed E-state index contributed by atoms with van der Waals surface area (Å²) in [6.45, 7) is 4.89. The number of rotatable bonds is 10. The highest BCUT2D eigenvalue weighted by Gasteiger charge is 2.15. The van der Waals surface area contributed by atoms with E-state index in [1.165, 1.54) is 24.8 Å². The molecule has 0 aliphatic carbocycles. The molecule has 0 saturated carbocycles. The lowest BCUT2D eigenvalue weighted by Crippen LogP contribution is -2.44. The first-order valence-corrected chi connectivity index (χ1v) is 8.16. The van der Waals surface area contributed by atoms with Gasteiger partial charge in [0.1, 0.15) is 6.54 Å². The van der Waals surface area contributed by atoms with Crippen LogP contribution in [-0.4, -0.2) is 37.6 Å². The number of amides is 1. The van der Waals surface area contributed by atoms with Crippen LogP contribution in [0.15, 0.2) is 30.3 Å². The molecular formula is C18H31N2O+. The highest BCUT2D eigenvalue weighted by atomic mass is 16.1. The molecule has 1 N–H and O–H groups in total. The van der Waals surface area contributed by atoms with Crippen LogP contribution in [0, 0.1) is 0 Å². The first kappa shape index (κ1) is 17.7. The van der Waals surface area contributed by atoms with Crippen molar-refractivity contribution in [3.8, 4) is 0 Å². The Labute approximate surface area is 129 Å². The summed E-state index contributed by atoms with van der Waals surface area (Å²) in [6.07, 6.45) is 5.30. The number of quaternary nitrogens is 1. The van der Waals surface area contributed by atoms with Gasteiger partial charge in [-0.1, -0.05) is 56.5 Å². The summed E-state index contributed by atoms with van der Waals surface area (Å²) in [6, 6.07) is 10.5. The first-order chi connectivity index (χ1) is 10.0. The van der Waals surface area contributed by atoms with Crippen LogP contribution in [0.3, 0.4) is 0 Å². The minimum Gasteiger partial charge on any atom is -0.350 e. The molecule has 0 atom stereocenters. The van der Waals surface area contributed by atoms with E-state index in [4.69, 9.17) is 0 Å². The Morgan fingerprint density at radius 2 is 1.81 bits per heavy atom. The largest absolute Gasteiger partial charge is 0.350 e. The number of carbonyl (C=O) groups excluding carboxylic acids is 1. The topological polar surface area (TPSA) is 29.1 Å². The third-order valence-electron chi connectivity index (χ3n) is 3.75. The van der Waals surface area contributed by atoms with E-state index in [-0.39, 0.29) is 5.91 Å². The van der Waals surface area contributed by atoms with E-state index in [0.29, 0.717) is 6.42 Å². The smallest absolute Gasteiger partial charge is 0.220 e. The van der Waals surface area contributed by atoms with E-state index in [0.717, 1.165) is 30.5 Å². The molecule has 0 aliphatic rings. The Kier molecular flexibility index (Phi) is 8.06. The second-order valence-electron chi connectivity index (χ2n) is 6.46. The highest BCUT2D eigenvalue weighted by molar-refractivity contribution is 5.75. The molecule has 0 unspecified atom stereocenters. The second-order valence-corrected chi connectivity index (χ2v) is 6.46. The van der Waals surface area contributed by atoms with Gasteiger partial charge in [-0.05, 0) is 6.42 Å². The monoisotopic (exact) mass is 291 g/mol. The molecule has 118 valence electrons. The fourth-order valence-corrected chi connectivity index (χ4v) is 2.46. The summed E-state index contributed by atoms with van der Waals surface area (Å²) >= 11 is 0. The zero-order valence-electron chi connectivity index (χ0n) is 13.9. The van der Waals surface area contributed by atoms with Crippen molar-refractivity contribution in [2.75, 3.05) is 27.2 Å². The molecule has 0 heterocycles.